The lowest BCUT2D eigenvalue weighted by molar-refractivity contribution is 0.0643. The summed E-state index contributed by atoms with van der Waals surface area (Å²) in [6.45, 7) is 12.4. The zero-order valence-electron chi connectivity index (χ0n) is 15.7. The normalized spacial score (nSPS) is 22.5. The molecule has 1 aromatic rings. The number of piperazine rings is 1. The summed E-state index contributed by atoms with van der Waals surface area (Å²) in [5.74, 6) is 1.74. The maximum atomic E-state index is 4.38. The first-order valence-electron chi connectivity index (χ1n) is 9.93. The van der Waals surface area contributed by atoms with Crippen LogP contribution < -0.4 is 0 Å². The average molecular weight is 335 g/mol. The van der Waals surface area contributed by atoms with Crippen molar-refractivity contribution in [1.82, 2.24) is 30.0 Å². The van der Waals surface area contributed by atoms with E-state index in [9.17, 15) is 0 Å². The quantitative estimate of drug-likeness (QED) is 0.767. The molecule has 0 radical (unpaired) electrons. The molecule has 1 saturated heterocycles. The topological polar surface area (TPSA) is 50.1 Å². The van der Waals surface area contributed by atoms with E-state index in [1.165, 1.54) is 38.8 Å². The Labute approximate surface area is 146 Å². The highest BCUT2D eigenvalue weighted by molar-refractivity contribution is 4.95. The van der Waals surface area contributed by atoms with Gasteiger partial charge in [-0.05, 0) is 42.0 Å². The second-order valence-corrected chi connectivity index (χ2v) is 7.88. The van der Waals surface area contributed by atoms with Gasteiger partial charge in [0.05, 0.1) is 6.04 Å². The van der Waals surface area contributed by atoms with Crippen molar-refractivity contribution in [3.05, 3.63) is 5.82 Å². The molecule has 1 saturated carbocycles. The third-order valence-corrected chi connectivity index (χ3v) is 5.79. The van der Waals surface area contributed by atoms with Gasteiger partial charge in [-0.25, -0.2) is 4.68 Å². The van der Waals surface area contributed by atoms with Crippen LogP contribution in [0.15, 0.2) is 0 Å². The van der Waals surface area contributed by atoms with Gasteiger partial charge in [-0.3, -0.25) is 9.80 Å². The highest BCUT2D eigenvalue weighted by Gasteiger charge is 2.31. The fraction of sp³-hybridized carbons (Fsp3) is 0.944. The summed E-state index contributed by atoms with van der Waals surface area (Å²) >= 11 is 0. The molecule has 0 amide bonds. The SMILES string of the molecule is CCC(c1nnnn1CCC(C)C)N1CCN(C2CCCC2)CC1. The zero-order valence-corrected chi connectivity index (χ0v) is 15.7. The maximum Gasteiger partial charge on any atom is 0.168 e. The Hall–Kier alpha value is -1.01. The lowest BCUT2D eigenvalue weighted by Gasteiger charge is -2.40. The first-order valence-corrected chi connectivity index (χ1v) is 9.93. The van der Waals surface area contributed by atoms with Crippen LogP contribution in [0.5, 0.6) is 0 Å². The van der Waals surface area contributed by atoms with Crippen LogP contribution in [-0.2, 0) is 6.54 Å². The molecule has 1 aromatic heterocycles. The van der Waals surface area contributed by atoms with Gasteiger partial charge in [0.25, 0.3) is 0 Å². The van der Waals surface area contributed by atoms with E-state index in [-0.39, 0.29) is 0 Å². The van der Waals surface area contributed by atoms with E-state index in [1.54, 1.807) is 0 Å². The third kappa shape index (κ3) is 4.14. The Bertz CT molecular complexity index is 485. The van der Waals surface area contributed by atoms with Crippen molar-refractivity contribution in [2.24, 2.45) is 5.92 Å². The minimum absolute atomic E-state index is 0.359. The van der Waals surface area contributed by atoms with Crippen LogP contribution in [-0.4, -0.2) is 62.2 Å². The van der Waals surface area contributed by atoms with E-state index in [1.807, 2.05) is 4.68 Å². The van der Waals surface area contributed by atoms with Crippen LogP contribution in [0.4, 0.5) is 0 Å². The van der Waals surface area contributed by atoms with Crippen LogP contribution in [0.2, 0.25) is 0 Å². The first-order chi connectivity index (χ1) is 11.7. The molecule has 1 atom stereocenters. The van der Waals surface area contributed by atoms with E-state index < -0.39 is 0 Å². The lowest BCUT2D eigenvalue weighted by Crippen LogP contribution is -2.50. The molecule has 6 nitrogen and oxygen atoms in total. The Morgan fingerprint density at radius 3 is 2.42 bits per heavy atom. The van der Waals surface area contributed by atoms with Gasteiger partial charge in [0.15, 0.2) is 5.82 Å². The standard InChI is InChI=1S/C18H34N6/c1-4-17(18-19-20-21-24(18)10-9-15(2)3)23-13-11-22(12-14-23)16-7-5-6-8-16/h15-17H,4-14H2,1-3H3. The van der Waals surface area contributed by atoms with Gasteiger partial charge in [-0.1, -0.05) is 33.6 Å². The van der Waals surface area contributed by atoms with Crippen LogP contribution in [0, 0.1) is 5.92 Å². The predicted molar refractivity (Wildman–Crippen MR) is 95.7 cm³/mol. The molecule has 2 aliphatic rings. The van der Waals surface area contributed by atoms with Crippen LogP contribution >= 0.6 is 0 Å². The van der Waals surface area contributed by atoms with Crippen molar-refractivity contribution in [1.29, 1.82) is 0 Å². The Morgan fingerprint density at radius 1 is 1.08 bits per heavy atom. The predicted octanol–water partition coefficient (Wildman–Crippen LogP) is 2.73. The van der Waals surface area contributed by atoms with E-state index in [0.717, 1.165) is 44.3 Å². The molecule has 0 spiro atoms. The fourth-order valence-electron chi connectivity index (χ4n) is 4.28. The van der Waals surface area contributed by atoms with Gasteiger partial charge in [-0.15, -0.1) is 5.10 Å². The zero-order chi connectivity index (χ0) is 16.9. The highest BCUT2D eigenvalue weighted by atomic mass is 15.6. The maximum absolute atomic E-state index is 4.38. The molecule has 1 unspecified atom stereocenters. The molecule has 136 valence electrons. The molecular formula is C18H34N6. The van der Waals surface area contributed by atoms with Gasteiger partial charge in [0, 0.05) is 38.8 Å². The molecular weight excluding hydrogens is 300 g/mol. The van der Waals surface area contributed by atoms with Crippen LogP contribution in [0.3, 0.4) is 0 Å². The Morgan fingerprint density at radius 2 is 1.79 bits per heavy atom. The second-order valence-electron chi connectivity index (χ2n) is 7.88. The summed E-state index contributed by atoms with van der Waals surface area (Å²) in [7, 11) is 0. The summed E-state index contributed by atoms with van der Waals surface area (Å²) in [5.41, 5.74) is 0. The molecule has 1 aliphatic heterocycles. The second kappa shape index (κ2) is 8.39. The molecule has 3 rings (SSSR count). The van der Waals surface area contributed by atoms with E-state index in [0.29, 0.717) is 12.0 Å². The molecule has 2 fully saturated rings. The highest BCUT2D eigenvalue weighted by Crippen LogP contribution is 2.28. The number of aryl methyl sites for hydroxylation is 1. The van der Waals surface area contributed by atoms with Crippen molar-refractivity contribution >= 4 is 0 Å². The molecule has 0 aromatic carbocycles. The van der Waals surface area contributed by atoms with E-state index >= 15 is 0 Å². The first kappa shape index (κ1) is 17.8. The summed E-state index contributed by atoms with van der Waals surface area (Å²) in [5, 5.41) is 12.6. The number of hydrogen-bond acceptors (Lipinski definition) is 5. The molecule has 0 N–H and O–H groups in total. The van der Waals surface area contributed by atoms with Gasteiger partial charge < -0.3 is 0 Å². The smallest absolute Gasteiger partial charge is 0.168 e. The summed E-state index contributed by atoms with van der Waals surface area (Å²) < 4.78 is 2.04. The van der Waals surface area contributed by atoms with Crippen molar-refractivity contribution in [2.75, 3.05) is 26.2 Å². The third-order valence-electron chi connectivity index (χ3n) is 5.79. The summed E-state index contributed by atoms with van der Waals surface area (Å²) in [4.78, 5) is 5.32. The van der Waals surface area contributed by atoms with E-state index in [4.69, 9.17) is 0 Å². The molecule has 6 heteroatoms. The number of tetrazole rings is 1. The number of nitrogens with zero attached hydrogens (tertiary/aromatic N) is 6. The van der Waals surface area contributed by atoms with Gasteiger partial charge in [0.1, 0.15) is 0 Å². The van der Waals surface area contributed by atoms with Crippen LogP contribution in [0.25, 0.3) is 0 Å². The minimum Gasteiger partial charge on any atom is -0.298 e. The molecule has 1 aliphatic carbocycles. The monoisotopic (exact) mass is 334 g/mol. The number of hydrogen-bond donors (Lipinski definition) is 0. The van der Waals surface area contributed by atoms with Crippen molar-refractivity contribution in [3.63, 3.8) is 0 Å². The molecule has 24 heavy (non-hydrogen) atoms. The van der Waals surface area contributed by atoms with Gasteiger partial charge in [-0.2, -0.15) is 0 Å². The lowest BCUT2D eigenvalue weighted by atomic mass is 10.1. The largest absolute Gasteiger partial charge is 0.298 e. The molecule has 0 bridgehead atoms. The fourth-order valence-corrected chi connectivity index (χ4v) is 4.28. The summed E-state index contributed by atoms with van der Waals surface area (Å²) in [6.07, 6.45) is 7.87. The van der Waals surface area contributed by atoms with Gasteiger partial charge >= 0.3 is 0 Å². The average Bonchev–Trinajstić information content (AvgIpc) is 3.26. The van der Waals surface area contributed by atoms with E-state index in [2.05, 4.69) is 46.1 Å². The summed E-state index contributed by atoms with van der Waals surface area (Å²) in [6, 6.07) is 1.21. The van der Waals surface area contributed by atoms with Gasteiger partial charge in [0.2, 0.25) is 0 Å². The molecule has 2 heterocycles. The Balaban J connectivity index is 1.59. The van der Waals surface area contributed by atoms with Crippen molar-refractivity contribution < 1.29 is 0 Å². The van der Waals surface area contributed by atoms with Crippen molar-refractivity contribution in [3.8, 4) is 0 Å². The van der Waals surface area contributed by atoms with Crippen molar-refractivity contribution in [2.45, 2.75) is 77.9 Å². The Kier molecular flexibility index (Phi) is 6.22. The van der Waals surface area contributed by atoms with Crippen LogP contribution in [0.1, 0.15) is 71.2 Å². The number of rotatable bonds is 7. The minimum atomic E-state index is 0.359. The number of aromatic nitrogens is 4.